The van der Waals surface area contributed by atoms with Crippen LogP contribution in [0.3, 0.4) is 0 Å². The van der Waals surface area contributed by atoms with Gasteiger partial charge in [0, 0.05) is 12.6 Å². The van der Waals surface area contributed by atoms with Crippen LogP contribution >= 0.6 is 0 Å². The van der Waals surface area contributed by atoms with Crippen LogP contribution in [0.15, 0.2) is 0 Å². The summed E-state index contributed by atoms with van der Waals surface area (Å²) in [6.07, 6.45) is 8.14. The Morgan fingerprint density at radius 3 is 2.61 bits per heavy atom. The van der Waals surface area contributed by atoms with Crippen LogP contribution in [-0.4, -0.2) is 44.2 Å². The molecular weight excluding hydrogens is 248 g/mol. The standard InChI is InChI=1S/C13H24N2O2S/c1-4-9-15(11-13-6-7-13)18(16,17)10-5-8-14-12(2)3/h1,12-14H,5-11H2,2-3H3. The monoisotopic (exact) mass is 272 g/mol. The molecule has 1 N–H and O–H groups in total. The van der Waals surface area contributed by atoms with Crippen molar-refractivity contribution in [3.8, 4) is 12.3 Å². The fraction of sp³-hybridized carbons (Fsp3) is 0.846. The molecule has 1 aliphatic rings. The van der Waals surface area contributed by atoms with E-state index in [4.69, 9.17) is 6.42 Å². The molecule has 1 fully saturated rings. The molecule has 1 saturated carbocycles. The summed E-state index contributed by atoms with van der Waals surface area (Å²) in [5.74, 6) is 3.16. The molecule has 0 aromatic rings. The zero-order chi connectivity index (χ0) is 13.6. The van der Waals surface area contributed by atoms with Gasteiger partial charge in [-0.3, -0.25) is 0 Å². The third kappa shape index (κ3) is 5.85. The van der Waals surface area contributed by atoms with E-state index in [-0.39, 0.29) is 12.3 Å². The van der Waals surface area contributed by atoms with Crippen LogP contribution in [-0.2, 0) is 10.0 Å². The molecule has 0 spiro atoms. The number of nitrogens with zero attached hydrogens (tertiary/aromatic N) is 1. The van der Waals surface area contributed by atoms with Gasteiger partial charge in [0.25, 0.3) is 0 Å². The molecule has 0 amide bonds. The molecule has 5 heteroatoms. The Kier molecular flexibility index (Phi) is 6.13. The maximum absolute atomic E-state index is 12.1. The van der Waals surface area contributed by atoms with E-state index in [1.165, 1.54) is 4.31 Å². The van der Waals surface area contributed by atoms with E-state index in [9.17, 15) is 8.42 Å². The Morgan fingerprint density at radius 2 is 2.11 bits per heavy atom. The number of rotatable bonds is 9. The predicted octanol–water partition coefficient (Wildman–Crippen LogP) is 1.05. The van der Waals surface area contributed by atoms with E-state index in [0.717, 1.165) is 19.4 Å². The summed E-state index contributed by atoms with van der Waals surface area (Å²) in [6.45, 7) is 5.63. The Balaban J connectivity index is 2.40. The first kappa shape index (κ1) is 15.5. The normalized spacial score (nSPS) is 16.2. The van der Waals surface area contributed by atoms with Gasteiger partial charge in [0.05, 0.1) is 12.3 Å². The quantitative estimate of drug-likeness (QED) is 0.504. The Labute approximate surface area is 111 Å². The smallest absolute Gasteiger partial charge is 0.215 e. The van der Waals surface area contributed by atoms with Crippen LogP contribution in [0.2, 0.25) is 0 Å². The molecule has 0 unspecified atom stereocenters. The largest absolute Gasteiger partial charge is 0.314 e. The summed E-state index contributed by atoms with van der Waals surface area (Å²) in [7, 11) is -3.19. The van der Waals surface area contributed by atoms with Crippen LogP contribution in [0.5, 0.6) is 0 Å². The van der Waals surface area contributed by atoms with Crippen LogP contribution in [0.1, 0.15) is 33.1 Å². The van der Waals surface area contributed by atoms with Crippen molar-refractivity contribution in [3.05, 3.63) is 0 Å². The average molecular weight is 272 g/mol. The Bertz CT molecular complexity index is 380. The van der Waals surface area contributed by atoms with Gasteiger partial charge in [-0.15, -0.1) is 6.42 Å². The lowest BCUT2D eigenvalue weighted by atomic mass is 10.4. The summed E-state index contributed by atoms with van der Waals surface area (Å²) in [5, 5.41) is 3.22. The van der Waals surface area contributed by atoms with Gasteiger partial charge in [0.2, 0.25) is 10.0 Å². The summed E-state index contributed by atoms with van der Waals surface area (Å²) < 4.78 is 25.7. The molecule has 1 rings (SSSR count). The molecule has 18 heavy (non-hydrogen) atoms. The third-order valence-electron chi connectivity index (χ3n) is 2.95. The molecule has 0 bridgehead atoms. The van der Waals surface area contributed by atoms with Gasteiger partial charge in [0.1, 0.15) is 0 Å². The molecule has 0 aliphatic heterocycles. The lowest BCUT2D eigenvalue weighted by Crippen LogP contribution is -2.36. The lowest BCUT2D eigenvalue weighted by molar-refractivity contribution is 0.428. The van der Waals surface area contributed by atoms with Crippen molar-refractivity contribution in [2.45, 2.75) is 39.2 Å². The third-order valence-corrected chi connectivity index (χ3v) is 4.82. The second kappa shape index (κ2) is 7.13. The van der Waals surface area contributed by atoms with E-state index < -0.39 is 10.0 Å². The Hall–Kier alpha value is -0.570. The van der Waals surface area contributed by atoms with Crippen molar-refractivity contribution in [2.24, 2.45) is 5.92 Å². The van der Waals surface area contributed by atoms with E-state index in [1.807, 2.05) is 13.8 Å². The number of hydrogen-bond acceptors (Lipinski definition) is 3. The molecule has 0 radical (unpaired) electrons. The zero-order valence-electron chi connectivity index (χ0n) is 11.4. The van der Waals surface area contributed by atoms with Gasteiger partial charge in [-0.05, 0) is 31.7 Å². The highest BCUT2D eigenvalue weighted by molar-refractivity contribution is 7.89. The number of sulfonamides is 1. The van der Waals surface area contributed by atoms with Crippen LogP contribution in [0.25, 0.3) is 0 Å². The van der Waals surface area contributed by atoms with Gasteiger partial charge < -0.3 is 5.32 Å². The molecule has 0 aromatic carbocycles. The van der Waals surface area contributed by atoms with Crippen LogP contribution in [0, 0.1) is 18.3 Å². The highest BCUT2D eigenvalue weighted by atomic mass is 32.2. The highest BCUT2D eigenvalue weighted by Gasteiger charge is 2.29. The average Bonchev–Trinajstić information content (AvgIpc) is 3.07. The van der Waals surface area contributed by atoms with Crippen molar-refractivity contribution in [1.29, 1.82) is 0 Å². The summed E-state index contributed by atoms with van der Waals surface area (Å²) in [4.78, 5) is 0. The van der Waals surface area contributed by atoms with Crippen molar-refractivity contribution in [2.75, 3.05) is 25.4 Å². The van der Waals surface area contributed by atoms with Crippen molar-refractivity contribution in [3.63, 3.8) is 0 Å². The number of hydrogen-bond donors (Lipinski definition) is 1. The lowest BCUT2D eigenvalue weighted by Gasteiger charge is -2.19. The zero-order valence-corrected chi connectivity index (χ0v) is 12.2. The molecule has 0 atom stereocenters. The molecule has 4 nitrogen and oxygen atoms in total. The minimum atomic E-state index is -3.19. The first-order chi connectivity index (χ1) is 8.45. The minimum Gasteiger partial charge on any atom is -0.314 e. The fourth-order valence-corrected chi connectivity index (χ4v) is 3.22. The van der Waals surface area contributed by atoms with E-state index in [2.05, 4.69) is 11.2 Å². The minimum absolute atomic E-state index is 0.182. The first-order valence-corrected chi connectivity index (χ1v) is 8.21. The number of nitrogens with one attached hydrogen (secondary N) is 1. The second-order valence-corrected chi connectivity index (χ2v) is 7.31. The summed E-state index contributed by atoms with van der Waals surface area (Å²) in [6, 6.07) is 0.390. The van der Waals surface area contributed by atoms with Gasteiger partial charge in [-0.25, -0.2) is 8.42 Å². The fourth-order valence-electron chi connectivity index (χ4n) is 1.74. The van der Waals surface area contributed by atoms with Gasteiger partial charge in [-0.1, -0.05) is 19.8 Å². The second-order valence-electron chi connectivity index (χ2n) is 5.22. The van der Waals surface area contributed by atoms with E-state index in [0.29, 0.717) is 24.9 Å². The molecule has 0 heterocycles. The maximum atomic E-state index is 12.1. The Morgan fingerprint density at radius 1 is 1.44 bits per heavy atom. The van der Waals surface area contributed by atoms with Crippen molar-refractivity contribution < 1.29 is 8.42 Å². The molecule has 0 saturated heterocycles. The van der Waals surface area contributed by atoms with Gasteiger partial charge in [-0.2, -0.15) is 4.31 Å². The van der Waals surface area contributed by atoms with Gasteiger partial charge in [0.15, 0.2) is 0 Å². The number of terminal acetylenes is 1. The van der Waals surface area contributed by atoms with E-state index in [1.54, 1.807) is 0 Å². The van der Waals surface area contributed by atoms with Crippen LogP contribution < -0.4 is 5.32 Å². The van der Waals surface area contributed by atoms with Gasteiger partial charge >= 0.3 is 0 Å². The van der Waals surface area contributed by atoms with Crippen molar-refractivity contribution >= 4 is 10.0 Å². The first-order valence-electron chi connectivity index (χ1n) is 6.60. The topological polar surface area (TPSA) is 49.4 Å². The highest BCUT2D eigenvalue weighted by Crippen LogP contribution is 2.30. The van der Waals surface area contributed by atoms with E-state index >= 15 is 0 Å². The maximum Gasteiger partial charge on any atom is 0.215 e. The summed E-state index contributed by atoms with van der Waals surface area (Å²) in [5.41, 5.74) is 0. The molecule has 1 aliphatic carbocycles. The molecule has 104 valence electrons. The summed E-state index contributed by atoms with van der Waals surface area (Å²) >= 11 is 0. The van der Waals surface area contributed by atoms with Crippen molar-refractivity contribution in [1.82, 2.24) is 9.62 Å². The molecule has 0 aromatic heterocycles. The SMILES string of the molecule is C#CCN(CC1CC1)S(=O)(=O)CCCNC(C)C. The predicted molar refractivity (Wildman–Crippen MR) is 74.7 cm³/mol. The van der Waals surface area contributed by atoms with Crippen LogP contribution in [0.4, 0.5) is 0 Å². The molecular formula is C13H24N2O2S.